The van der Waals surface area contributed by atoms with Gasteiger partial charge in [-0.15, -0.1) is 0 Å². The fraction of sp³-hybridized carbons (Fsp3) is 0.385. The van der Waals surface area contributed by atoms with Crippen LogP contribution in [0.4, 0.5) is 34.5 Å². The van der Waals surface area contributed by atoms with Crippen molar-refractivity contribution in [1.29, 1.82) is 0 Å². The first-order chi connectivity index (χ1) is 18.0. The molecule has 3 heterocycles. The summed E-state index contributed by atoms with van der Waals surface area (Å²) >= 11 is 6.35. The second-order valence-corrected chi connectivity index (χ2v) is 14.2. The van der Waals surface area contributed by atoms with Crippen LogP contribution in [0.2, 0.25) is 5.02 Å². The Morgan fingerprint density at radius 2 is 1.82 bits per heavy atom. The third kappa shape index (κ3) is 5.48. The smallest absolute Gasteiger partial charge is 0.294 e. The molecule has 0 amide bonds. The average Bonchev–Trinajstić information content (AvgIpc) is 2.85. The number of rotatable bonds is 7. The molecular weight excluding hydrogens is 525 g/mol. The first-order valence-electron chi connectivity index (χ1n) is 12.5. The van der Waals surface area contributed by atoms with Crippen molar-refractivity contribution in [3.05, 3.63) is 63.8 Å². The van der Waals surface area contributed by atoms with Crippen LogP contribution in [0.15, 0.2) is 48.7 Å². The molecule has 0 unspecified atom stereocenters. The van der Waals surface area contributed by atoms with Crippen molar-refractivity contribution in [2.24, 2.45) is 5.41 Å². The normalized spacial score (nSPS) is 17.2. The van der Waals surface area contributed by atoms with Crippen LogP contribution in [-0.2, 0) is 4.57 Å². The number of nitro benzene ring substituents is 1. The summed E-state index contributed by atoms with van der Waals surface area (Å²) in [5.74, 6) is 0.557. The topological polar surface area (TPSA) is 117 Å². The largest absolute Gasteiger partial charge is 0.366 e. The summed E-state index contributed by atoms with van der Waals surface area (Å²) in [6.07, 6.45) is 3.53. The number of para-hydroxylation sites is 1. The lowest BCUT2D eigenvalue weighted by Gasteiger charge is -2.53. The van der Waals surface area contributed by atoms with E-state index in [9.17, 15) is 14.7 Å². The van der Waals surface area contributed by atoms with Gasteiger partial charge in [-0.3, -0.25) is 10.1 Å². The molecule has 0 radical (unpaired) electrons. The maximum atomic E-state index is 12.7. The Hall–Kier alpha value is -3.20. The minimum absolute atomic E-state index is 0.0413. The van der Waals surface area contributed by atoms with Gasteiger partial charge < -0.3 is 25.0 Å². The molecule has 2 aliphatic rings. The highest BCUT2D eigenvalue weighted by Gasteiger charge is 2.43. The van der Waals surface area contributed by atoms with Crippen LogP contribution >= 0.6 is 18.7 Å². The molecule has 3 aromatic rings. The number of hydrogen-bond donors (Lipinski definition) is 2. The van der Waals surface area contributed by atoms with Crippen molar-refractivity contribution < 1.29 is 9.49 Å². The lowest BCUT2D eigenvalue weighted by atomic mass is 9.72. The van der Waals surface area contributed by atoms with Crippen LogP contribution < -0.4 is 20.8 Å². The van der Waals surface area contributed by atoms with Crippen molar-refractivity contribution in [1.82, 2.24) is 14.9 Å². The van der Waals surface area contributed by atoms with Crippen molar-refractivity contribution in [2.75, 3.05) is 62.1 Å². The van der Waals surface area contributed by atoms with Gasteiger partial charge in [-0.25, -0.2) is 4.98 Å². The van der Waals surface area contributed by atoms with Crippen LogP contribution in [0.5, 0.6) is 0 Å². The van der Waals surface area contributed by atoms with Crippen LogP contribution in [0, 0.1) is 15.5 Å². The number of hydrogen-bond acceptors (Lipinski definition) is 9. The fourth-order valence-electron chi connectivity index (χ4n) is 5.47. The predicted molar refractivity (Wildman–Crippen MR) is 154 cm³/mol. The van der Waals surface area contributed by atoms with E-state index >= 15 is 0 Å². The molecule has 0 atom stereocenters. The van der Waals surface area contributed by atoms with Gasteiger partial charge in [-0.05, 0) is 62.9 Å². The molecule has 1 aromatic heterocycles. The van der Waals surface area contributed by atoms with Crippen molar-refractivity contribution in [3.8, 4) is 0 Å². The maximum absolute atomic E-state index is 12.7. The van der Waals surface area contributed by atoms with Crippen molar-refractivity contribution in [3.63, 3.8) is 0 Å². The summed E-state index contributed by atoms with van der Waals surface area (Å²) in [6.45, 7) is 7.22. The number of nitrogens with zero attached hydrogens (tertiary/aromatic N) is 5. The molecule has 2 fully saturated rings. The predicted octanol–water partition coefficient (Wildman–Crippen LogP) is 5.31. The SMILES string of the molecule is CN1CC2(CCN(c3ccc(Nc4ncc(Cl)c(Nc5ccccc5P(C)(C)=O)n4)cc3[N+](=O)[O-])CC2)C1. The van der Waals surface area contributed by atoms with Gasteiger partial charge in [0.1, 0.15) is 17.9 Å². The lowest BCUT2D eigenvalue weighted by Crippen LogP contribution is -2.58. The molecule has 5 rings (SSSR count). The van der Waals surface area contributed by atoms with Crippen LogP contribution in [0.3, 0.4) is 0 Å². The summed E-state index contributed by atoms with van der Waals surface area (Å²) in [6, 6.07) is 12.4. The van der Waals surface area contributed by atoms with Gasteiger partial charge in [0.25, 0.3) is 5.69 Å². The Morgan fingerprint density at radius 3 is 2.47 bits per heavy atom. The molecule has 12 heteroatoms. The molecule has 2 aromatic carbocycles. The Morgan fingerprint density at radius 1 is 1.11 bits per heavy atom. The quantitative estimate of drug-likeness (QED) is 0.227. The fourth-order valence-corrected chi connectivity index (χ4v) is 6.77. The van der Waals surface area contributed by atoms with E-state index in [1.165, 1.54) is 12.3 Å². The number of benzene rings is 2. The lowest BCUT2D eigenvalue weighted by molar-refractivity contribution is -0.384. The summed E-state index contributed by atoms with van der Waals surface area (Å²) in [7, 11) is -0.419. The zero-order valence-electron chi connectivity index (χ0n) is 21.6. The van der Waals surface area contributed by atoms with E-state index in [2.05, 4.69) is 37.4 Å². The van der Waals surface area contributed by atoms with E-state index in [4.69, 9.17) is 11.6 Å². The summed E-state index contributed by atoms with van der Waals surface area (Å²) < 4.78 is 12.7. The number of likely N-dealkylation sites (tertiary alicyclic amines) is 1. The van der Waals surface area contributed by atoms with E-state index in [0.29, 0.717) is 33.6 Å². The van der Waals surface area contributed by atoms with Gasteiger partial charge in [0.15, 0.2) is 5.82 Å². The number of anilines is 5. The third-order valence-electron chi connectivity index (χ3n) is 7.29. The highest BCUT2D eigenvalue weighted by Crippen LogP contribution is 2.43. The minimum Gasteiger partial charge on any atom is -0.366 e. The number of halogens is 1. The van der Waals surface area contributed by atoms with Gasteiger partial charge in [-0.1, -0.05) is 23.7 Å². The molecule has 10 nitrogen and oxygen atoms in total. The second kappa shape index (κ2) is 10.2. The number of aromatic nitrogens is 2. The Balaban J connectivity index is 1.35. The Bertz CT molecular complexity index is 1410. The average molecular weight is 556 g/mol. The molecule has 2 N–H and O–H groups in total. The van der Waals surface area contributed by atoms with Gasteiger partial charge in [0.2, 0.25) is 5.95 Å². The highest BCUT2D eigenvalue weighted by atomic mass is 35.5. The zero-order chi connectivity index (χ0) is 27.1. The van der Waals surface area contributed by atoms with Crippen molar-refractivity contribution in [2.45, 2.75) is 12.8 Å². The molecule has 0 bridgehead atoms. The molecule has 2 saturated heterocycles. The second-order valence-electron chi connectivity index (χ2n) is 10.6. The third-order valence-corrected chi connectivity index (χ3v) is 9.11. The van der Waals surface area contributed by atoms with Crippen LogP contribution in [-0.4, -0.2) is 66.3 Å². The summed E-state index contributed by atoms with van der Waals surface area (Å²) in [4.78, 5) is 24.8. The molecule has 2 aliphatic heterocycles. The first-order valence-corrected chi connectivity index (χ1v) is 15.4. The molecule has 200 valence electrons. The Kier molecular flexibility index (Phi) is 7.07. The molecule has 0 aliphatic carbocycles. The van der Waals surface area contributed by atoms with Gasteiger partial charge in [0, 0.05) is 43.2 Å². The maximum Gasteiger partial charge on any atom is 0.294 e. The number of piperidine rings is 1. The van der Waals surface area contributed by atoms with Gasteiger partial charge >= 0.3 is 0 Å². The highest BCUT2D eigenvalue weighted by molar-refractivity contribution is 7.70. The minimum atomic E-state index is -2.55. The van der Waals surface area contributed by atoms with Gasteiger partial charge in [-0.2, -0.15) is 4.98 Å². The molecule has 38 heavy (non-hydrogen) atoms. The zero-order valence-corrected chi connectivity index (χ0v) is 23.3. The van der Waals surface area contributed by atoms with E-state index in [0.717, 1.165) is 39.0 Å². The van der Waals surface area contributed by atoms with E-state index in [1.54, 1.807) is 25.5 Å². The van der Waals surface area contributed by atoms with Crippen LogP contribution in [0.1, 0.15) is 12.8 Å². The van der Waals surface area contributed by atoms with Crippen molar-refractivity contribution >= 4 is 58.6 Å². The summed E-state index contributed by atoms with van der Waals surface area (Å²) in [5, 5.41) is 19.2. The molecule has 0 saturated carbocycles. The Labute approximate surface area is 226 Å². The number of nitrogens with one attached hydrogen (secondary N) is 2. The monoisotopic (exact) mass is 555 g/mol. The van der Waals surface area contributed by atoms with Gasteiger partial charge in [0.05, 0.1) is 16.8 Å². The van der Waals surface area contributed by atoms with E-state index in [1.807, 2.05) is 24.3 Å². The van der Waals surface area contributed by atoms with E-state index in [-0.39, 0.29) is 21.6 Å². The number of nitro groups is 1. The van der Waals surface area contributed by atoms with Crippen LogP contribution in [0.25, 0.3) is 0 Å². The molecular formula is C26H31ClN7O3P. The summed E-state index contributed by atoms with van der Waals surface area (Å²) in [5.41, 5.74) is 2.17. The first kappa shape index (κ1) is 26.4. The standard InChI is InChI=1S/C26H31ClN7O3P/c1-32-16-26(17-32)10-12-33(13-11-26)21-9-8-18(14-22(21)34(35)36)29-25-28-15-19(27)24(31-25)30-20-6-4-5-7-23(20)38(2,3)37/h4-9,14-15H,10-13,16-17H2,1-3H3,(H2,28,29,30,31). The van der Waals surface area contributed by atoms with E-state index < -0.39 is 7.14 Å². The molecule has 1 spiro atoms.